The molecule has 1 heterocycles. The molecule has 0 N–H and O–H groups in total. The largest absolute Gasteiger partial charge is 0.235 e. The van der Waals surface area contributed by atoms with E-state index in [1.807, 2.05) is 0 Å². The Hall–Kier alpha value is -0.440. The van der Waals surface area contributed by atoms with Gasteiger partial charge in [-0.2, -0.15) is 4.40 Å². The summed E-state index contributed by atoms with van der Waals surface area (Å²) in [6, 6.07) is 0. The van der Waals surface area contributed by atoms with Crippen molar-refractivity contribution in [3.8, 4) is 0 Å². The maximum atomic E-state index is 11.2. The number of hydrogen-bond acceptors (Lipinski definition) is 1. The molecule has 0 aliphatic carbocycles. The summed E-state index contributed by atoms with van der Waals surface area (Å²) in [5.41, 5.74) is 2.58. The van der Waals surface area contributed by atoms with Gasteiger partial charge in [-0.1, -0.05) is 27.7 Å². The van der Waals surface area contributed by atoms with Gasteiger partial charge in [0.25, 0.3) is 0 Å². The van der Waals surface area contributed by atoms with Gasteiger partial charge in [0, 0.05) is 6.21 Å². The Kier molecular flexibility index (Phi) is 3.42. The smallest absolute Gasteiger partial charge is 0.143 e. The van der Waals surface area contributed by atoms with E-state index in [1.165, 1.54) is 11.1 Å². The zero-order chi connectivity index (χ0) is 10.0. The minimum absolute atomic E-state index is 0.480. The van der Waals surface area contributed by atoms with Crippen LogP contribution in [0.1, 0.15) is 27.7 Å². The Morgan fingerprint density at radius 3 is 2.38 bits per heavy atom. The van der Waals surface area contributed by atoms with Crippen LogP contribution in [0.2, 0.25) is 0 Å². The maximum Gasteiger partial charge on any atom is 0.143 e. The Balaban J connectivity index is 3.02. The Bertz CT molecular complexity index is 277. The van der Waals surface area contributed by atoms with Crippen molar-refractivity contribution >= 4 is 17.2 Å². The molecule has 1 rings (SSSR count). The zero-order valence-corrected chi connectivity index (χ0v) is 9.52. The SMILES string of the molecule is CC(C)C1=C(C(C)C)CS(=O)N=C1. The monoisotopic (exact) mass is 199 g/mol. The summed E-state index contributed by atoms with van der Waals surface area (Å²) in [4.78, 5) is 0. The molecule has 1 atom stereocenters. The third-order valence-electron chi connectivity index (χ3n) is 2.28. The zero-order valence-electron chi connectivity index (χ0n) is 8.70. The number of allylic oxidation sites excluding steroid dienone is 1. The predicted octanol–water partition coefficient (Wildman–Crippen LogP) is 2.34. The van der Waals surface area contributed by atoms with Crippen molar-refractivity contribution in [3.05, 3.63) is 11.1 Å². The molecule has 0 saturated carbocycles. The summed E-state index contributed by atoms with van der Waals surface area (Å²) >= 11 is 0. The fourth-order valence-electron chi connectivity index (χ4n) is 1.47. The van der Waals surface area contributed by atoms with E-state index in [-0.39, 0.29) is 0 Å². The van der Waals surface area contributed by atoms with Gasteiger partial charge in [0.2, 0.25) is 0 Å². The first-order valence-corrected chi connectivity index (χ1v) is 5.95. The molecule has 0 aromatic rings. The predicted molar refractivity (Wildman–Crippen MR) is 58.2 cm³/mol. The van der Waals surface area contributed by atoms with E-state index in [2.05, 4.69) is 32.1 Å². The summed E-state index contributed by atoms with van der Waals surface area (Å²) in [5, 5.41) is 0. The van der Waals surface area contributed by atoms with Crippen molar-refractivity contribution in [1.82, 2.24) is 0 Å². The molecule has 0 aromatic carbocycles. The van der Waals surface area contributed by atoms with Crippen LogP contribution in [0.25, 0.3) is 0 Å². The molecule has 74 valence electrons. The molecule has 1 aliphatic heterocycles. The highest BCUT2D eigenvalue weighted by molar-refractivity contribution is 7.84. The molecule has 0 amide bonds. The molecule has 0 bridgehead atoms. The van der Waals surface area contributed by atoms with Gasteiger partial charge in [0.15, 0.2) is 0 Å². The lowest BCUT2D eigenvalue weighted by Crippen LogP contribution is -2.16. The van der Waals surface area contributed by atoms with Gasteiger partial charge in [-0.15, -0.1) is 0 Å². The Labute approximate surface area is 82.7 Å². The number of rotatable bonds is 2. The molecule has 2 nitrogen and oxygen atoms in total. The van der Waals surface area contributed by atoms with E-state index in [0.717, 1.165) is 0 Å². The highest BCUT2D eigenvalue weighted by Crippen LogP contribution is 2.23. The van der Waals surface area contributed by atoms with Crippen LogP contribution in [0.15, 0.2) is 15.5 Å². The summed E-state index contributed by atoms with van der Waals surface area (Å²) in [6.07, 6.45) is 1.79. The molecule has 0 fully saturated rings. The van der Waals surface area contributed by atoms with Crippen molar-refractivity contribution in [2.45, 2.75) is 27.7 Å². The maximum absolute atomic E-state index is 11.2. The van der Waals surface area contributed by atoms with Crippen molar-refractivity contribution in [2.24, 2.45) is 16.2 Å². The fraction of sp³-hybridized carbons (Fsp3) is 0.700. The minimum Gasteiger partial charge on any atom is -0.235 e. The van der Waals surface area contributed by atoms with Crippen LogP contribution in [0.4, 0.5) is 0 Å². The highest BCUT2D eigenvalue weighted by atomic mass is 32.2. The van der Waals surface area contributed by atoms with Crippen molar-refractivity contribution in [2.75, 3.05) is 5.75 Å². The topological polar surface area (TPSA) is 29.4 Å². The lowest BCUT2D eigenvalue weighted by atomic mass is 9.92. The first-order chi connectivity index (χ1) is 6.02. The fourth-order valence-corrected chi connectivity index (χ4v) is 2.54. The second-order valence-electron chi connectivity index (χ2n) is 3.99. The average molecular weight is 199 g/mol. The van der Waals surface area contributed by atoms with E-state index in [4.69, 9.17) is 0 Å². The van der Waals surface area contributed by atoms with Crippen LogP contribution < -0.4 is 0 Å². The van der Waals surface area contributed by atoms with E-state index < -0.39 is 11.0 Å². The quantitative estimate of drug-likeness (QED) is 0.671. The average Bonchev–Trinajstić information content (AvgIpc) is 2.03. The summed E-state index contributed by atoms with van der Waals surface area (Å²) in [7, 11) is -1.02. The lowest BCUT2D eigenvalue weighted by molar-refractivity contribution is 0.675. The first kappa shape index (κ1) is 10.6. The van der Waals surface area contributed by atoms with E-state index in [9.17, 15) is 4.21 Å². The van der Waals surface area contributed by atoms with Gasteiger partial charge < -0.3 is 0 Å². The number of hydrogen-bond donors (Lipinski definition) is 0. The van der Waals surface area contributed by atoms with Crippen LogP contribution in [0, 0.1) is 11.8 Å². The van der Waals surface area contributed by atoms with E-state index >= 15 is 0 Å². The number of nitrogens with zero attached hydrogens (tertiary/aromatic N) is 1. The Morgan fingerprint density at radius 2 is 1.92 bits per heavy atom. The lowest BCUT2D eigenvalue weighted by Gasteiger charge is -2.20. The second-order valence-corrected chi connectivity index (χ2v) is 5.13. The summed E-state index contributed by atoms with van der Waals surface area (Å²) < 4.78 is 15.2. The molecule has 3 heteroatoms. The van der Waals surface area contributed by atoms with E-state index in [1.54, 1.807) is 6.21 Å². The molecule has 0 saturated heterocycles. The van der Waals surface area contributed by atoms with Crippen molar-refractivity contribution < 1.29 is 4.21 Å². The normalized spacial score (nSPS) is 23.4. The van der Waals surface area contributed by atoms with Crippen LogP contribution in [-0.2, 0) is 11.0 Å². The second kappa shape index (κ2) is 4.18. The minimum atomic E-state index is -1.02. The molecule has 13 heavy (non-hydrogen) atoms. The van der Waals surface area contributed by atoms with E-state index in [0.29, 0.717) is 17.6 Å². The van der Waals surface area contributed by atoms with Gasteiger partial charge in [-0.3, -0.25) is 0 Å². The van der Waals surface area contributed by atoms with Crippen LogP contribution in [-0.4, -0.2) is 16.2 Å². The van der Waals surface area contributed by atoms with Gasteiger partial charge >= 0.3 is 0 Å². The molecule has 1 aliphatic rings. The van der Waals surface area contributed by atoms with Gasteiger partial charge in [-0.05, 0) is 23.0 Å². The standard InChI is InChI=1S/C10H17NOS/c1-7(2)9-5-11-13(12)6-10(9)8(3)4/h5,7-8H,6H2,1-4H3. The third-order valence-corrected chi connectivity index (χ3v) is 3.18. The molecule has 0 radical (unpaired) electrons. The Morgan fingerprint density at radius 1 is 1.31 bits per heavy atom. The van der Waals surface area contributed by atoms with Gasteiger partial charge in [0.1, 0.15) is 11.0 Å². The van der Waals surface area contributed by atoms with Crippen molar-refractivity contribution in [1.29, 1.82) is 0 Å². The van der Waals surface area contributed by atoms with Crippen LogP contribution >= 0.6 is 0 Å². The molecule has 0 spiro atoms. The molecular weight excluding hydrogens is 182 g/mol. The summed E-state index contributed by atoms with van der Waals surface area (Å²) in [5.74, 6) is 1.59. The van der Waals surface area contributed by atoms with Gasteiger partial charge in [-0.25, -0.2) is 4.21 Å². The summed E-state index contributed by atoms with van der Waals surface area (Å²) in [6.45, 7) is 8.60. The van der Waals surface area contributed by atoms with Crippen LogP contribution in [0.5, 0.6) is 0 Å². The molecular formula is C10H17NOS. The third kappa shape index (κ3) is 2.50. The highest BCUT2D eigenvalue weighted by Gasteiger charge is 2.18. The molecule has 0 aromatic heterocycles. The molecule has 1 unspecified atom stereocenters. The van der Waals surface area contributed by atoms with Crippen molar-refractivity contribution in [3.63, 3.8) is 0 Å². The first-order valence-electron chi connectivity index (χ1n) is 4.68. The van der Waals surface area contributed by atoms with Crippen LogP contribution in [0.3, 0.4) is 0 Å². The van der Waals surface area contributed by atoms with Gasteiger partial charge in [0.05, 0.1) is 5.75 Å².